The van der Waals surface area contributed by atoms with Crippen LogP contribution in [0.1, 0.15) is 19.4 Å². The minimum absolute atomic E-state index is 0.214. The van der Waals surface area contributed by atoms with Gasteiger partial charge < -0.3 is 10.2 Å². The van der Waals surface area contributed by atoms with Gasteiger partial charge in [-0.1, -0.05) is 6.92 Å². The summed E-state index contributed by atoms with van der Waals surface area (Å²) in [6, 6.07) is 0.214. The maximum absolute atomic E-state index is 12.3. The van der Waals surface area contributed by atoms with E-state index < -0.39 is 11.7 Å². The molecule has 0 saturated heterocycles. The summed E-state index contributed by atoms with van der Waals surface area (Å²) in [5, 5.41) is 3.20. The van der Waals surface area contributed by atoms with Gasteiger partial charge in [-0.15, -0.1) is 0 Å². The van der Waals surface area contributed by atoms with Crippen LogP contribution in [0, 0.1) is 0 Å². The lowest BCUT2D eigenvalue weighted by Gasteiger charge is -2.22. The number of alkyl halides is 3. The molecular formula is C11H17F3N4. The monoisotopic (exact) mass is 262 g/mol. The number of nitrogens with one attached hydrogen (secondary N) is 1. The molecule has 1 N–H and O–H groups in total. The van der Waals surface area contributed by atoms with Gasteiger partial charge in [0.1, 0.15) is 0 Å². The highest BCUT2D eigenvalue weighted by Crippen LogP contribution is 2.28. The third kappa shape index (κ3) is 4.14. The minimum Gasteiger partial charge on any atom is -0.342 e. The van der Waals surface area contributed by atoms with Crippen molar-refractivity contribution in [3.05, 3.63) is 18.0 Å². The molecular weight excluding hydrogens is 245 g/mol. The molecule has 1 rings (SSSR count). The van der Waals surface area contributed by atoms with Crippen LogP contribution in [-0.2, 0) is 6.18 Å². The number of hydrogen-bond donors (Lipinski definition) is 1. The van der Waals surface area contributed by atoms with E-state index in [9.17, 15) is 13.2 Å². The third-order valence-electron chi connectivity index (χ3n) is 2.41. The number of hydrogen-bond acceptors (Lipinski definition) is 4. The van der Waals surface area contributed by atoms with Crippen molar-refractivity contribution >= 4 is 5.95 Å². The quantitative estimate of drug-likeness (QED) is 0.880. The van der Waals surface area contributed by atoms with Gasteiger partial charge in [-0.25, -0.2) is 9.97 Å². The average Bonchev–Trinajstić information content (AvgIpc) is 2.28. The number of halogens is 3. The topological polar surface area (TPSA) is 41.0 Å². The summed E-state index contributed by atoms with van der Waals surface area (Å²) in [6.45, 7) is 5.44. The number of rotatable bonds is 5. The Kier molecular flexibility index (Phi) is 4.89. The smallest absolute Gasteiger partial charge is 0.342 e. The maximum atomic E-state index is 12.3. The zero-order valence-corrected chi connectivity index (χ0v) is 10.6. The minimum atomic E-state index is -4.39. The largest absolute Gasteiger partial charge is 0.419 e. The van der Waals surface area contributed by atoms with Gasteiger partial charge in [0.05, 0.1) is 5.56 Å². The Morgan fingerprint density at radius 2 is 1.89 bits per heavy atom. The van der Waals surface area contributed by atoms with E-state index in [0.29, 0.717) is 6.54 Å². The fraction of sp³-hybridized carbons (Fsp3) is 0.636. The summed E-state index contributed by atoms with van der Waals surface area (Å²) in [5.74, 6) is 0.285. The molecule has 0 unspecified atom stereocenters. The predicted molar refractivity (Wildman–Crippen MR) is 63.4 cm³/mol. The summed E-state index contributed by atoms with van der Waals surface area (Å²) in [5.41, 5.74) is -0.834. The van der Waals surface area contributed by atoms with Crippen molar-refractivity contribution in [1.29, 1.82) is 0 Å². The molecule has 7 heteroatoms. The lowest BCUT2D eigenvalue weighted by atomic mass is 10.3. The Balaban J connectivity index is 2.67. The Labute approximate surface area is 104 Å². The SMILES string of the molecule is CCN[C@@H](C)CN(C)c1ncc(C(F)(F)F)cn1. The molecule has 0 aliphatic heterocycles. The third-order valence-corrected chi connectivity index (χ3v) is 2.41. The van der Waals surface area contributed by atoms with Crippen molar-refractivity contribution in [1.82, 2.24) is 15.3 Å². The van der Waals surface area contributed by atoms with E-state index in [2.05, 4.69) is 15.3 Å². The summed E-state index contributed by atoms with van der Waals surface area (Å²) in [7, 11) is 1.75. The van der Waals surface area contributed by atoms with Gasteiger partial charge in [0.25, 0.3) is 0 Å². The van der Waals surface area contributed by atoms with Crippen LogP contribution in [0.4, 0.5) is 19.1 Å². The van der Waals surface area contributed by atoms with Crippen molar-refractivity contribution in [3.8, 4) is 0 Å². The van der Waals surface area contributed by atoms with Crippen molar-refractivity contribution in [3.63, 3.8) is 0 Å². The normalized spacial score (nSPS) is 13.4. The number of anilines is 1. The van der Waals surface area contributed by atoms with Crippen molar-refractivity contribution in [2.45, 2.75) is 26.1 Å². The number of nitrogens with zero attached hydrogens (tertiary/aromatic N) is 3. The molecule has 1 aromatic heterocycles. The molecule has 0 saturated carbocycles. The standard InChI is InChI=1S/C11H17F3N4/c1-4-15-8(2)7-18(3)10-16-5-9(6-17-10)11(12,13)14/h5-6,8,15H,4,7H2,1-3H3/t8-/m0/s1. The first-order valence-electron chi connectivity index (χ1n) is 5.68. The van der Waals surface area contributed by atoms with Gasteiger partial charge in [-0.05, 0) is 13.5 Å². The molecule has 1 atom stereocenters. The van der Waals surface area contributed by atoms with E-state index in [1.807, 2.05) is 13.8 Å². The summed E-state index contributed by atoms with van der Waals surface area (Å²) < 4.78 is 37.0. The highest BCUT2D eigenvalue weighted by atomic mass is 19.4. The molecule has 0 aromatic carbocycles. The first-order chi connectivity index (χ1) is 8.34. The van der Waals surface area contributed by atoms with Crippen LogP contribution in [0.2, 0.25) is 0 Å². The molecule has 0 radical (unpaired) electrons. The van der Waals surface area contributed by atoms with Gasteiger partial charge >= 0.3 is 6.18 Å². The first-order valence-corrected chi connectivity index (χ1v) is 5.68. The molecule has 0 amide bonds. The summed E-state index contributed by atoms with van der Waals surface area (Å²) in [4.78, 5) is 9.17. The van der Waals surface area contributed by atoms with Crippen molar-refractivity contribution in [2.24, 2.45) is 0 Å². The van der Waals surface area contributed by atoms with Crippen LogP contribution in [0.25, 0.3) is 0 Å². The zero-order chi connectivity index (χ0) is 13.8. The van der Waals surface area contributed by atoms with E-state index >= 15 is 0 Å². The molecule has 102 valence electrons. The zero-order valence-electron chi connectivity index (χ0n) is 10.6. The average molecular weight is 262 g/mol. The van der Waals surface area contributed by atoms with Crippen molar-refractivity contribution < 1.29 is 13.2 Å². The van der Waals surface area contributed by atoms with Crippen LogP contribution in [0.15, 0.2) is 12.4 Å². The molecule has 0 spiro atoms. The first kappa shape index (κ1) is 14.7. The maximum Gasteiger partial charge on any atom is 0.419 e. The van der Waals surface area contributed by atoms with Gasteiger partial charge in [0.2, 0.25) is 5.95 Å². The molecule has 1 aromatic rings. The molecule has 0 aliphatic rings. The number of aromatic nitrogens is 2. The van der Waals surface area contributed by atoms with E-state index in [4.69, 9.17) is 0 Å². The fourth-order valence-electron chi connectivity index (χ4n) is 1.57. The Morgan fingerprint density at radius 1 is 1.33 bits per heavy atom. The number of likely N-dealkylation sites (N-methyl/N-ethyl adjacent to an activating group) is 2. The van der Waals surface area contributed by atoms with E-state index in [1.165, 1.54) is 0 Å². The van der Waals surface area contributed by atoms with Crippen molar-refractivity contribution in [2.75, 3.05) is 25.0 Å². The van der Waals surface area contributed by atoms with Crippen LogP contribution in [0.3, 0.4) is 0 Å². The van der Waals surface area contributed by atoms with Gasteiger partial charge in [-0.3, -0.25) is 0 Å². The van der Waals surface area contributed by atoms with Crippen LogP contribution in [-0.4, -0.2) is 36.1 Å². The summed E-state index contributed by atoms with van der Waals surface area (Å²) >= 11 is 0. The highest BCUT2D eigenvalue weighted by molar-refractivity contribution is 5.29. The van der Waals surface area contributed by atoms with Gasteiger partial charge in [0, 0.05) is 32.0 Å². The molecule has 1 heterocycles. The van der Waals surface area contributed by atoms with E-state index in [-0.39, 0.29) is 12.0 Å². The Morgan fingerprint density at radius 3 is 2.33 bits per heavy atom. The van der Waals surface area contributed by atoms with Gasteiger partial charge in [0.15, 0.2) is 0 Å². The van der Waals surface area contributed by atoms with Crippen LogP contribution >= 0.6 is 0 Å². The second-order valence-corrected chi connectivity index (χ2v) is 4.11. The Hall–Kier alpha value is -1.37. The van der Waals surface area contributed by atoms with Gasteiger partial charge in [-0.2, -0.15) is 13.2 Å². The highest BCUT2D eigenvalue weighted by Gasteiger charge is 2.31. The van der Waals surface area contributed by atoms with E-state index in [1.54, 1.807) is 11.9 Å². The lowest BCUT2D eigenvalue weighted by molar-refractivity contribution is -0.138. The molecule has 18 heavy (non-hydrogen) atoms. The molecule has 0 aliphatic carbocycles. The molecule has 4 nitrogen and oxygen atoms in total. The molecule has 0 bridgehead atoms. The van der Waals surface area contributed by atoms with Crippen LogP contribution < -0.4 is 10.2 Å². The second kappa shape index (κ2) is 5.99. The van der Waals surface area contributed by atoms with E-state index in [0.717, 1.165) is 18.9 Å². The summed E-state index contributed by atoms with van der Waals surface area (Å²) in [6.07, 6.45) is -2.79. The lowest BCUT2D eigenvalue weighted by Crippen LogP contribution is -2.38. The van der Waals surface area contributed by atoms with Crippen LogP contribution in [0.5, 0.6) is 0 Å². The Bertz CT molecular complexity index is 364. The predicted octanol–water partition coefficient (Wildman–Crippen LogP) is 1.93. The fourth-order valence-corrected chi connectivity index (χ4v) is 1.57. The molecule has 0 fully saturated rings. The second-order valence-electron chi connectivity index (χ2n) is 4.11.